The van der Waals surface area contributed by atoms with Crippen LogP contribution in [-0.4, -0.2) is 32.0 Å². The SMILES string of the molecule is CC1=CC(c2cc([N+](=O)[O-])cnc2Oc2ccccc2)=CCC1(C)S(=O)(=O)n1ccc2cc[nH]c(=O)c21. The molecule has 11 heteroatoms. The lowest BCUT2D eigenvalue weighted by atomic mass is 9.87. The number of para-hydroxylation sites is 1. The van der Waals surface area contributed by atoms with Gasteiger partial charge in [0.25, 0.3) is 11.2 Å². The Bertz CT molecular complexity index is 1770. The molecule has 1 aliphatic rings. The number of nitro groups is 1. The molecule has 0 saturated carbocycles. The molecule has 0 saturated heterocycles. The maximum atomic E-state index is 13.9. The summed E-state index contributed by atoms with van der Waals surface area (Å²) in [6, 6.07) is 13.4. The van der Waals surface area contributed by atoms with E-state index in [-0.39, 0.29) is 23.5 Å². The van der Waals surface area contributed by atoms with E-state index >= 15 is 0 Å². The molecule has 188 valence electrons. The number of hydrogen-bond acceptors (Lipinski definition) is 7. The maximum absolute atomic E-state index is 13.9. The molecule has 4 aromatic rings. The lowest BCUT2D eigenvalue weighted by molar-refractivity contribution is -0.385. The lowest BCUT2D eigenvalue weighted by Gasteiger charge is -2.33. The normalized spacial score (nSPS) is 17.8. The second-order valence-corrected chi connectivity index (χ2v) is 11.1. The second-order valence-electron chi connectivity index (χ2n) is 8.87. The number of ether oxygens (including phenoxy) is 1. The molecule has 1 atom stereocenters. The average molecular weight is 519 g/mol. The van der Waals surface area contributed by atoms with Crippen LogP contribution in [-0.2, 0) is 10.0 Å². The van der Waals surface area contributed by atoms with Crippen LogP contribution in [0.4, 0.5) is 5.69 Å². The Labute approximate surface area is 211 Å². The minimum Gasteiger partial charge on any atom is -0.438 e. The number of pyridine rings is 2. The molecule has 0 amide bonds. The minimum absolute atomic E-state index is 0.0488. The van der Waals surface area contributed by atoms with E-state index in [9.17, 15) is 23.3 Å². The summed E-state index contributed by atoms with van der Waals surface area (Å²) in [5.74, 6) is 0.654. The van der Waals surface area contributed by atoms with Crippen LogP contribution < -0.4 is 10.3 Å². The number of H-pyrrole nitrogens is 1. The minimum atomic E-state index is -4.07. The number of allylic oxidation sites excluding steroid dienone is 3. The number of aromatic amines is 1. The summed E-state index contributed by atoms with van der Waals surface area (Å²) >= 11 is 0. The molecule has 10 nitrogen and oxygen atoms in total. The van der Waals surface area contributed by atoms with E-state index in [0.717, 1.165) is 10.2 Å². The van der Waals surface area contributed by atoms with Crippen LogP contribution in [0.25, 0.3) is 16.5 Å². The highest BCUT2D eigenvalue weighted by atomic mass is 32.2. The Hall–Kier alpha value is -4.51. The first-order valence-electron chi connectivity index (χ1n) is 11.3. The molecule has 0 aliphatic heterocycles. The van der Waals surface area contributed by atoms with Crippen LogP contribution in [0.15, 0.2) is 89.6 Å². The van der Waals surface area contributed by atoms with Crippen LogP contribution in [0.3, 0.4) is 0 Å². The summed E-state index contributed by atoms with van der Waals surface area (Å²) in [6.07, 6.45) is 7.38. The fourth-order valence-corrected chi connectivity index (χ4v) is 6.17. The third kappa shape index (κ3) is 4.02. The zero-order chi connectivity index (χ0) is 26.4. The number of fused-ring (bicyclic) bond motifs is 1. The quantitative estimate of drug-likeness (QED) is 0.286. The van der Waals surface area contributed by atoms with E-state index in [1.807, 2.05) is 6.07 Å². The molecular weight excluding hydrogens is 496 g/mol. The van der Waals surface area contributed by atoms with Gasteiger partial charge in [-0.15, -0.1) is 0 Å². The Morgan fingerprint density at radius 1 is 1.19 bits per heavy atom. The number of aromatic nitrogens is 3. The molecule has 3 heterocycles. The fourth-order valence-electron chi connectivity index (χ4n) is 4.32. The van der Waals surface area contributed by atoms with Gasteiger partial charge in [0.15, 0.2) is 0 Å². The molecule has 0 radical (unpaired) electrons. The van der Waals surface area contributed by atoms with Crippen molar-refractivity contribution in [1.29, 1.82) is 0 Å². The average Bonchev–Trinajstić information content (AvgIpc) is 3.33. The topological polar surface area (TPSA) is 137 Å². The lowest BCUT2D eigenvalue weighted by Crippen LogP contribution is -2.41. The summed E-state index contributed by atoms with van der Waals surface area (Å²) in [7, 11) is -4.07. The first kappa shape index (κ1) is 24.2. The van der Waals surface area contributed by atoms with Crippen molar-refractivity contribution in [3.63, 3.8) is 0 Å². The largest absolute Gasteiger partial charge is 0.438 e. The van der Waals surface area contributed by atoms with Gasteiger partial charge < -0.3 is 9.72 Å². The molecule has 1 aliphatic carbocycles. The molecule has 37 heavy (non-hydrogen) atoms. The smallest absolute Gasteiger partial charge is 0.288 e. The Morgan fingerprint density at radius 2 is 1.95 bits per heavy atom. The fraction of sp³-hybridized carbons (Fsp3) is 0.154. The van der Waals surface area contributed by atoms with Gasteiger partial charge in [0.1, 0.15) is 22.2 Å². The summed E-state index contributed by atoms with van der Waals surface area (Å²) in [4.78, 5) is 30.0. The molecule has 0 spiro atoms. The van der Waals surface area contributed by atoms with E-state index in [0.29, 0.717) is 27.8 Å². The van der Waals surface area contributed by atoms with Crippen molar-refractivity contribution >= 4 is 32.2 Å². The highest BCUT2D eigenvalue weighted by Crippen LogP contribution is 2.42. The van der Waals surface area contributed by atoms with Gasteiger partial charge in [-0.25, -0.2) is 17.4 Å². The van der Waals surface area contributed by atoms with Crippen molar-refractivity contribution in [3.8, 4) is 11.6 Å². The van der Waals surface area contributed by atoms with Crippen LogP contribution >= 0.6 is 0 Å². The van der Waals surface area contributed by atoms with Crippen molar-refractivity contribution in [2.45, 2.75) is 25.0 Å². The van der Waals surface area contributed by atoms with Crippen molar-refractivity contribution in [1.82, 2.24) is 13.9 Å². The van der Waals surface area contributed by atoms with Gasteiger partial charge in [-0.2, -0.15) is 0 Å². The van der Waals surface area contributed by atoms with Crippen molar-refractivity contribution < 1.29 is 18.1 Å². The predicted octanol–water partition coefficient (Wildman–Crippen LogP) is 4.80. The van der Waals surface area contributed by atoms with Gasteiger partial charge in [0.2, 0.25) is 15.9 Å². The number of nitrogens with zero attached hydrogens (tertiary/aromatic N) is 3. The monoisotopic (exact) mass is 518 g/mol. The first-order valence-corrected chi connectivity index (χ1v) is 12.8. The molecule has 0 fully saturated rings. The van der Waals surface area contributed by atoms with Crippen molar-refractivity contribution in [3.05, 3.63) is 111 Å². The summed E-state index contributed by atoms with van der Waals surface area (Å²) in [5.41, 5.74) is 0.724. The predicted molar refractivity (Wildman–Crippen MR) is 139 cm³/mol. The number of benzene rings is 1. The first-order chi connectivity index (χ1) is 17.6. The third-order valence-corrected chi connectivity index (χ3v) is 9.09. The zero-order valence-corrected chi connectivity index (χ0v) is 20.7. The van der Waals surface area contributed by atoms with E-state index in [1.54, 1.807) is 62.4 Å². The van der Waals surface area contributed by atoms with E-state index in [1.165, 1.54) is 18.5 Å². The maximum Gasteiger partial charge on any atom is 0.288 e. The van der Waals surface area contributed by atoms with Gasteiger partial charge in [-0.1, -0.05) is 30.4 Å². The van der Waals surface area contributed by atoms with Crippen molar-refractivity contribution in [2.75, 3.05) is 0 Å². The molecule has 3 aromatic heterocycles. The summed E-state index contributed by atoms with van der Waals surface area (Å²) < 4.78 is 33.3. The van der Waals surface area contributed by atoms with Gasteiger partial charge >= 0.3 is 0 Å². The molecule has 0 bridgehead atoms. The number of nitrogens with one attached hydrogen (secondary N) is 1. The zero-order valence-electron chi connectivity index (χ0n) is 19.9. The Balaban J connectivity index is 1.57. The Kier molecular flexibility index (Phi) is 5.79. The molecular formula is C26H22N4O6S. The van der Waals surface area contributed by atoms with Gasteiger partial charge in [0.05, 0.1) is 10.5 Å². The highest BCUT2D eigenvalue weighted by Gasteiger charge is 2.44. The van der Waals surface area contributed by atoms with E-state index < -0.39 is 25.3 Å². The van der Waals surface area contributed by atoms with Gasteiger partial charge in [-0.3, -0.25) is 14.9 Å². The molecule has 5 rings (SSSR count). The van der Waals surface area contributed by atoms with E-state index in [2.05, 4.69) is 9.97 Å². The van der Waals surface area contributed by atoms with Crippen LogP contribution in [0.2, 0.25) is 0 Å². The highest BCUT2D eigenvalue weighted by molar-refractivity contribution is 7.91. The third-order valence-electron chi connectivity index (χ3n) is 6.64. The van der Waals surface area contributed by atoms with Crippen LogP contribution in [0, 0.1) is 10.1 Å². The molecule has 1 unspecified atom stereocenters. The summed E-state index contributed by atoms with van der Waals surface area (Å²) in [6.45, 7) is 3.28. The number of hydrogen-bond donors (Lipinski definition) is 1. The van der Waals surface area contributed by atoms with E-state index in [4.69, 9.17) is 4.74 Å². The van der Waals surface area contributed by atoms with Gasteiger partial charge in [0, 0.05) is 23.8 Å². The van der Waals surface area contributed by atoms with Gasteiger partial charge in [-0.05, 0) is 55.7 Å². The molecule has 1 aromatic carbocycles. The van der Waals surface area contributed by atoms with Crippen molar-refractivity contribution in [2.24, 2.45) is 0 Å². The van der Waals surface area contributed by atoms with Crippen LogP contribution in [0.1, 0.15) is 25.8 Å². The number of rotatable bonds is 6. The summed E-state index contributed by atoms with van der Waals surface area (Å²) in [5, 5.41) is 12.0. The molecule has 1 N–H and O–H groups in total. The standard InChI is InChI=1S/C26H22N4O6S/c1-17-14-19(22-15-20(30(32)33)16-28-25(22)36-21-6-4-3-5-7-21)8-11-26(17,2)37(34,35)29-13-10-18-9-12-27-24(31)23(18)29/h3-10,12-16H,11H2,1-2H3,(H,27,31). The second kappa shape index (κ2) is 8.86. The Morgan fingerprint density at radius 3 is 2.65 bits per heavy atom. The van der Waals surface area contributed by atoms with Crippen LogP contribution in [0.5, 0.6) is 11.6 Å².